The predicted molar refractivity (Wildman–Crippen MR) is 153 cm³/mol. The fourth-order valence-electron chi connectivity index (χ4n) is 4.93. The molecule has 0 aliphatic carbocycles. The largest absolute Gasteiger partial charge is 0.679 e. The average Bonchev–Trinajstić information content (AvgIpc) is 2.99. The van der Waals surface area contributed by atoms with Crippen molar-refractivity contribution in [2.45, 2.75) is 12.4 Å². The van der Waals surface area contributed by atoms with E-state index in [1.54, 1.807) is 48.5 Å². The molecule has 0 aliphatic heterocycles. The van der Waals surface area contributed by atoms with E-state index < -0.39 is 30.9 Å². The van der Waals surface area contributed by atoms with Crippen LogP contribution in [-0.4, -0.2) is 16.9 Å². The van der Waals surface area contributed by atoms with Crippen LogP contribution in [0.3, 0.4) is 0 Å². The molecule has 0 aliphatic rings. The van der Waals surface area contributed by atoms with Crippen molar-refractivity contribution in [2.75, 3.05) is 0 Å². The number of aromatic nitrogens is 2. The van der Waals surface area contributed by atoms with Crippen LogP contribution in [0.4, 0.5) is 40.8 Å². The fourth-order valence-corrected chi connectivity index (χ4v) is 4.93. The smallest absolute Gasteiger partial charge is 0.310 e. The van der Waals surface area contributed by atoms with Crippen LogP contribution in [0.1, 0.15) is 11.1 Å². The van der Waals surface area contributed by atoms with Gasteiger partial charge in [-0.3, -0.25) is 8.63 Å². The van der Waals surface area contributed by atoms with Crippen molar-refractivity contribution in [3.05, 3.63) is 126 Å². The zero-order chi connectivity index (χ0) is 31.2. The number of halogens is 8. The quantitative estimate of drug-likeness (QED) is 0.145. The van der Waals surface area contributed by atoms with E-state index >= 15 is 0 Å². The van der Waals surface area contributed by atoms with Crippen LogP contribution in [0.25, 0.3) is 44.1 Å². The minimum absolute atomic E-state index is 0.0667. The molecule has 0 spiro atoms. The summed E-state index contributed by atoms with van der Waals surface area (Å²) in [6.07, 6.45) is -8.90. The molecule has 12 heteroatoms. The van der Waals surface area contributed by atoms with Crippen molar-refractivity contribution in [1.82, 2.24) is 9.46 Å². The van der Waals surface area contributed by atoms with Gasteiger partial charge in [0.1, 0.15) is 5.49 Å². The Labute approximate surface area is 245 Å². The molecule has 2 heterocycles. The number of hydrogen-bond donors (Lipinski definition) is 0. The van der Waals surface area contributed by atoms with Gasteiger partial charge in [0.15, 0.2) is 5.82 Å². The highest BCUT2D eigenvalue weighted by Crippen LogP contribution is 2.33. The average molecular weight is 607 g/mol. The van der Waals surface area contributed by atoms with Crippen LogP contribution >= 0.6 is 0 Å². The Kier molecular flexibility index (Phi) is 7.23. The summed E-state index contributed by atoms with van der Waals surface area (Å²) in [5.41, 5.74) is 1.40. The van der Waals surface area contributed by atoms with E-state index in [4.69, 9.17) is 0 Å². The highest BCUT2D eigenvalue weighted by atomic mass is 19.4. The van der Waals surface area contributed by atoms with Gasteiger partial charge in [0.05, 0.1) is 16.6 Å². The molecule has 0 radical (unpaired) electrons. The summed E-state index contributed by atoms with van der Waals surface area (Å²) in [6, 6.07) is 25.4. The van der Waals surface area contributed by atoms with Crippen molar-refractivity contribution in [3.63, 3.8) is 0 Å². The third-order valence-corrected chi connectivity index (χ3v) is 7.14. The van der Waals surface area contributed by atoms with Crippen molar-refractivity contribution < 1.29 is 35.0 Å². The highest BCUT2D eigenvalue weighted by Gasteiger charge is 2.31. The van der Waals surface area contributed by atoms with Gasteiger partial charge in [0, 0.05) is 10.9 Å². The summed E-state index contributed by atoms with van der Waals surface area (Å²) >= 11 is 0. The monoisotopic (exact) mass is 607 g/mol. The Morgan fingerprint density at radius 1 is 0.545 bits per heavy atom. The lowest BCUT2D eigenvalue weighted by Crippen LogP contribution is -2.29. The fraction of sp³-hybridized carbons (Fsp3) is 0.0625. The maximum atomic E-state index is 14.3. The third-order valence-electron chi connectivity index (χ3n) is 7.14. The first-order chi connectivity index (χ1) is 20.9. The van der Waals surface area contributed by atoms with Crippen molar-refractivity contribution in [3.8, 4) is 22.3 Å². The Hall–Kier alpha value is -5.00. The zero-order valence-corrected chi connectivity index (χ0v) is 22.3. The molecule has 0 amide bonds. The standard InChI is InChI=1S/C32H18BF8N3/c34-31(35,36)25-9-1-19(2-10-25)21-5-13-27-23(17-21)7-15-29(42-27)43-30-16-8-24-18-22(6-14-28(24)44(30)33(40)41)20-3-11-26(12-4-20)32(37,38)39/h1-18H. The van der Waals surface area contributed by atoms with Crippen LogP contribution in [0.15, 0.2) is 114 Å². The first-order valence-electron chi connectivity index (χ1n) is 13.1. The van der Waals surface area contributed by atoms with Gasteiger partial charge in [-0.15, -0.1) is 0 Å². The van der Waals surface area contributed by atoms with Crippen molar-refractivity contribution in [1.29, 1.82) is 0 Å². The summed E-state index contributed by atoms with van der Waals surface area (Å²) in [5, 5.41) is 1.11. The van der Waals surface area contributed by atoms with E-state index in [1.165, 1.54) is 36.4 Å². The van der Waals surface area contributed by atoms with Crippen LogP contribution in [-0.2, 0) is 12.4 Å². The normalized spacial score (nSPS) is 12.7. The Balaban J connectivity index is 1.34. The number of benzene rings is 4. The topological polar surface area (TPSA) is 30.2 Å². The number of fused-ring (bicyclic) bond motifs is 2. The van der Waals surface area contributed by atoms with Gasteiger partial charge in [0.25, 0.3) is 0 Å². The molecule has 0 atom stereocenters. The molecule has 0 saturated heterocycles. The Bertz CT molecular complexity index is 2060. The molecule has 6 aromatic rings. The molecular weight excluding hydrogens is 589 g/mol. The molecule has 0 bridgehead atoms. The van der Waals surface area contributed by atoms with E-state index in [0.717, 1.165) is 28.7 Å². The van der Waals surface area contributed by atoms with E-state index in [1.807, 2.05) is 0 Å². The lowest BCUT2D eigenvalue weighted by atomic mass is 10.0. The highest BCUT2D eigenvalue weighted by molar-refractivity contribution is 6.42. The number of alkyl halides is 6. The van der Waals surface area contributed by atoms with Gasteiger partial charge < -0.3 is 4.48 Å². The second-order valence-corrected chi connectivity index (χ2v) is 9.95. The van der Waals surface area contributed by atoms with Gasteiger partial charge >= 0.3 is 19.8 Å². The second-order valence-electron chi connectivity index (χ2n) is 9.95. The molecule has 6 rings (SSSR count). The summed E-state index contributed by atoms with van der Waals surface area (Å²) in [7, 11) is -2.96. The molecule has 0 unspecified atom stereocenters. The van der Waals surface area contributed by atoms with Gasteiger partial charge in [-0.05, 0) is 100 Å². The predicted octanol–water partition coefficient (Wildman–Crippen LogP) is 9.57. The molecule has 0 fully saturated rings. The Morgan fingerprint density at radius 2 is 1.05 bits per heavy atom. The third kappa shape index (κ3) is 5.79. The van der Waals surface area contributed by atoms with Gasteiger partial charge in [-0.25, -0.2) is 9.98 Å². The van der Waals surface area contributed by atoms with Gasteiger partial charge in [-0.1, -0.05) is 36.4 Å². The van der Waals surface area contributed by atoms with Crippen LogP contribution in [0.5, 0.6) is 0 Å². The summed E-state index contributed by atoms with van der Waals surface area (Å²) in [4.78, 5) is 8.80. The van der Waals surface area contributed by atoms with E-state index in [-0.39, 0.29) is 16.8 Å². The summed E-state index contributed by atoms with van der Waals surface area (Å²) in [5.74, 6) is 0.162. The van der Waals surface area contributed by atoms with E-state index in [0.29, 0.717) is 38.5 Å². The summed E-state index contributed by atoms with van der Waals surface area (Å²) < 4.78 is 107. The number of rotatable bonds is 4. The first-order valence-corrected chi connectivity index (χ1v) is 13.1. The van der Waals surface area contributed by atoms with Gasteiger partial charge in [0.2, 0.25) is 0 Å². The SMILES string of the molecule is FB(F)n1c(=Nc2ccc3cc(-c4ccc(C(F)(F)F)cc4)ccc3n2)ccc2cc(-c3ccc(C(F)(F)F)cc3)ccc21. The van der Waals surface area contributed by atoms with E-state index in [2.05, 4.69) is 9.98 Å². The molecular formula is C32H18BF8N3. The molecule has 220 valence electrons. The van der Waals surface area contributed by atoms with Crippen LogP contribution in [0.2, 0.25) is 0 Å². The lowest BCUT2D eigenvalue weighted by Gasteiger charge is -2.12. The van der Waals surface area contributed by atoms with Crippen molar-refractivity contribution >= 4 is 35.0 Å². The number of nitrogens with zero attached hydrogens (tertiary/aromatic N) is 3. The molecule has 44 heavy (non-hydrogen) atoms. The van der Waals surface area contributed by atoms with Crippen LogP contribution < -0.4 is 5.49 Å². The molecule has 2 aromatic heterocycles. The second kappa shape index (κ2) is 10.9. The van der Waals surface area contributed by atoms with Crippen LogP contribution in [0, 0.1) is 0 Å². The molecule has 0 N–H and O–H groups in total. The van der Waals surface area contributed by atoms with E-state index in [9.17, 15) is 35.0 Å². The maximum Gasteiger partial charge on any atom is 0.679 e. The zero-order valence-electron chi connectivity index (χ0n) is 22.3. The lowest BCUT2D eigenvalue weighted by molar-refractivity contribution is -0.138. The minimum atomic E-state index is -4.47. The Morgan fingerprint density at radius 3 is 1.59 bits per heavy atom. The summed E-state index contributed by atoms with van der Waals surface area (Å²) in [6.45, 7) is 0. The van der Waals surface area contributed by atoms with Gasteiger partial charge in [-0.2, -0.15) is 26.3 Å². The maximum absolute atomic E-state index is 14.3. The first kappa shape index (κ1) is 29.1. The molecule has 0 saturated carbocycles. The van der Waals surface area contributed by atoms with Crippen molar-refractivity contribution in [2.24, 2.45) is 4.99 Å². The molecule has 3 nitrogen and oxygen atoms in total. The molecule has 4 aromatic carbocycles. The number of hydrogen-bond acceptors (Lipinski definition) is 2. The number of pyridine rings is 2. The minimum Gasteiger partial charge on any atom is -0.310 e.